The average molecular weight is 406 g/mol. The molecule has 1 aliphatic heterocycles. The van der Waals surface area contributed by atoms with Crippen LogP contribution in [0.1, 0.15) is 39.0 Å². The van der Waals surface area contributed by atoms with Crippen LogP contribution in [0, 0.1) is 17.7 Å². The van der Waals surface area contributed by atoms with Crippen molar-refractivity contribution in [2.24, 2.45) is 17.6 Å². The Morgan fingerprint density at radius 2 is 1.96 bits per heavy atom. The van der Waals surface area contributed by atoms with Crippen LogP contribution in [-0.4, -0.2) is 31.1 Å². The van der Waals surface area contributed by atoms with Crippen LogP contribution in [-0.2, 0) is 4.79 Å². The number of carbonyl (C=O) groups is 1. The first kappa shape index (κ1) is 23.0. The van der Waals surface area contributed by atoms with Crippen molar-refractivity contribution in [3.63, 3.8) is 0 Å². The Morgan fingerprint density at radius 3 is 2.62 bits per heavy atom. The molecule has 1 saturated carbocycles. The monoisotopic (exact) mass is 405 g/mol. The zero-order valence-corrected chi connectivity index (χ0v) is 16.9. The largest absolute Gasteiger partial charge is 0.371 e. The number of nitrogens with zero attached hydrogens (tertiary/aromatic N) is 1. The Morgan fingerprint density at radius 1 is 1.27 bits per heavy atom. The number of benzene rings is 1. The maximum Gasteiger partial charge on any atom is 0.224 e. The molecular weight excluding hydrogens is 376 g/mol. The van der Waals surface area contributed by atoms with Crippen molar-refractivity contribution in [1.82, 2.24) is 5.32 Å². The molecule has 1 heterocycles. The van der Waals surface area contributed by atoms with E-state index in [1.54, 1.807) is 0 Å². The van der Waals surface area contributed by atoms with Gasteiger partial charge in [0.2, 0.25) is 5.91 Å². The van der Waals surface area contributed by atoms with Crippen molar-refractivity contribution in [2.75, 3.05) is 24.5 Å². The minimum Gasteiger partial charge on any atom is -0.371 e. The van der Waals surface area contributed by atoms with Gasteiger partial charge < -0.3 is 16.0 Å². The number of nitrogens with two attached hydrogens (primary N) is 1. The molecule has 4 nitrogen and oxygen atoms in total. The van der Waals surface area contributed by atoms with E-state index in [1.807, 2.05) is 19.1 Å². The summed E-state index contributed by atoms with van der Waals surface area (Å²) in [6.45, 7) is 4.55. The van der Waals surface area contributed by atoms with Crippen molar-refractivity contribution in [3.05, 3.63) is 30.1 Å². The summed E-state index contributed by atoms with van der Waals surface area (Å²) < 4.78 is 13.0. The van der Waals surface area contributed by atoms with Gasteiger partial charge in [-0.25, -0.2) is 4.39 Å². The summed E-state index contributed by atoms with van der Waals surface area (Å²) in [5.74, 6) is 0.270. The van der Waals surface area contributed by atoms with Gasteiger partial charge in [-0.15, -0.1) is 24.8 Å². The fourth-order valence-electron chi connectivity index (χ4n) is 4.04. The molecule has 0 spiro atoms. The molecule has 3 atom stereocenters. The molecule has 2 fully saturated rings. The molecule has 0 aromatic heterocycles. The van der Waals surface area contributed by atoms with Gasteiger partial charge in [-0.1, -0.05) is 12.8 Å². The van der Waals surface area contributed by atoms with Gasteiger partial charge in [0.15, 0.2) is 0 Å². The van der Waals surface area contributed by atoms with E-state index >= 15 is 0 Å². The highest BCUT2D eigenvalue weighted by Gasteiger charge is 2.38. The fraction of sp³-hybridized carbons (Fsp3) is 0.632. The molecule has 1 aromatic carbocycles. The molecule has 1 saturated heterocycles. The third kappa shape index (κ3) is 5.48. The Hall–Kier alpha value is -1.04. The second-order valence-corrected chi connectivity index (χ2v) is 7.63. The lowest BCUT2D eigenvalue weighted by Crippen LogP contribution is -2.53. The number of carbonyl (C=O) groups excluding carboxylic acids is 1. The number of hydrogen-bond acceptors (Lipinski definition) is 3. The predicted octanol–water partition coefficient (Wildman–Crippen LogP) is 3.52. The average Bonchev–Trinajstić information content (AvgIpc) is 3.02. The van der Waals surface area contributed by atoms with E-state index in [0.717, 1.165) is 50.9 Å². The molecule has 1 aromatic rings. The standard InChI is InChI=1S/C19H28FN3O.2ClH/c1-19(21)10-3-2-4-17(19)18(24)22-12-14-9-11-23(13-14)16-7-5-15(20)6-8-16;;/h5-8,14,17H,2-4,9-13,21H2,1H3,(H,22,24);2*1H. The van der Waals surface area contributed by atoms with Gasteiger partial charge in [-0.3, -0.25) is 4.79 Å². The lowest BCUT2D eigenvalue weighted by molar-refractivity contribution is -0.128. The van der Waals surface area contributed by atoms with E-state index in [0.29, 0.717) is 12.5 Å². The first-order valence-electron chi connectivity index (χ1n) is 9.03. The van der Waals surface area contributed by atoms with Gasteiger partial charge in [0.25, 0.3) is 0 Å². The van der Waals surface area contributed by atoms with Crippen molar-refractivity contribution >= 4 is 36.4 Å². The first-order chi connectivity index (χ1) is 11.5. The Bertz CT molecular complexity index is 583. The van der Waals surface area contributed by atoms with Gasteiger partial charge in [0.05, 0.1) is 5.92 Å². The summed E-state index contributed by atoms with van der Waals surface area (Å²) in [6.07, 6.45) is 5.07. The van der Waals surface area contributed by atoms with Crippen LogP contribution in [0.4, 0.5) is 10.1 Å². The van der Waals surface area contributed by atoms with E-state index in [9.17, 15) is 9.18 Å². The van der Waals surface area contributed by atoms with Crippen LogP contribution >= 0.6 is 24.8 Å². The van der Waals surface area contributed by atoms with E-state index in [2.05, 4.69) is 10.2 Å². The highest BCUT2D eigenvalue weighted by atomic mass is 35.5. The van der Waals surface area contributed by atoms with E-state index in [4.69, 9.17) is 5.73 Å². The van der Waals surface area contributed by atoms with E-state index < -0.39 is 0 Å². The molecule has 0 bridgehead atoms. The lowest BCUT2D eigenvalue weighted by Gasteiger charge is -2.37. The van der Waals surface area contributed by atoms with E-state index in [1.165, 1.54) is 12.1 Å². The third-order valence-electron chi connectivity index (χ3n) is 5.61. The van der Waals surface area contributed by atoms with Crippen LogP contribution < -0.4 is 16.0 Å². The van der Waals surface area contributed by atoms with Crippen LogP contribution in [0.15, 0.2) is 24.3 Å². The second-order valence-electron chi connectivity index (χ2n) is 7.63. The van der Waals surface area contributed by atoms with Gasteiger partial charge in [0.1, 0.15) is 5.82 Å². The van der Waals surface area contributed by atoms with E-state index in [-0.39, 0.29) is 48.0 Å². The molecule has 148 valence electrons. The highest BCUT2D eigenvalue weighted by Crippen LogP contribution is 2.32. The van der Waals surface area contributed by atoms with Gasteiger partial charge in [0, 0.05) is 30.9 Å². The number of hydrogen-bond donors (Lipinski definition) is 2. The minimum atomic E-state index is -0.377. The minimum absolute atomic E-state index is 0. The number of anilines is 1. The summed E-state index contributed by atoms with van der Waals surface area (Å²) in [7, 11) is 0. The SMILES string of the molecule is CC1(N)CCCCC1C(=O)NCC1CCN(c2ccc(F)cc2)C1.Cl.Cl. The number of amides is 1. The third-order valence-corrected chi connectivity index (χ3v) is 5.61. The molecule has 3 rings (SSSR count). The van der Waals surface area contributed by atoms with Gasteiger partial charge in [-0.2, -0.15) is 0 Å². The number of halogens is 3. The summed E-state index contributed by atoms with van der Waals surface area (Å²) in [6, 6.07) is 6.63. The Balaban J connectivity index is 0.00000169. The van der Waals surface area contributed by atoms with Crippen molar-refractivity contribution in [1.29, 1.82) is 0 Å². The zero-order valence-electron chi connectivity index (χ0n) is 15.2. The lowest BCUT2D eigenvalue weighted by atomic mass is 9.74. The van der Waals surface area contributed by atoms with Crippen molar-refractivity contribution in [2.45, 2.75) is 44.6 Å². The maximum atomic E-state index is 13.0. The molecule has 3 N–H and O–H groups in total. The summed E-state index contributed by atoms with van der Waals surface area (Å²) in [4.78, 5) is 14.8. The molecule has 3 unspecified atom stereocenters. The predicted molar refractivity (Wildman–Crippen MR) is 109 cm³/mol. The number of rotatable bonds is 4. The van der Waals surface area contributed by atoms with Crippen LogP contribution in [0.2, 0.25) is 0 Å². The van der Waals surface area contributed by atoms with Gasteiger partial charge >= 0.3 is 0 Å². The Labute approximate surface area is 167 Å². The molecule has 0 radical (unpaired) electrons. The van der Waals surface area contributed by atoms with Gasteiger partial charge in [-0.05, 0) is 56.4 Å². The topological polar surface area (TPSA) is 58.4 Å². The normalized spacial score (nSPS) is 28.0. The highest BCUT2D eigenvalue weighted by molar-refractivity contribution is 5.85. The molecule has 1 aliphatic carbocycles. The zero-order chi connectivity index (χ0) is 17.2. The quantitative estimate of drug-likeness (QED) is 0.805. The molecule has 26 heavy (non-hydrogen) atoms. The molecule has 1 amide bonds. The fourth-order valence-corrected chi connectivity index (χ4v) is 4.04. The smallest absolute Gasteiger partial charge is 0.224 e. The molecule has 7 heteroatoms. The second kappa shape index (κ2) is 9.77. The Kier molecular flexibility index (Phi) is 8.64. The number of nitrogens with one attached hydrogen (secondary N) is 1. The van der Waals surface area contributed by atoms with Crippen molar-refractivity contribution < 1.29 is 9.18 Å². The maximum absolute atomic E-state index is 13.0. The van der Waals surface area contributed by atoms with Crippen LogP contribution in [0.3, 0.4) is 0 Å². The summed E-state index contributed by atoms with van der Waals surface area (Å²) in [5, 5.41) is 3.13. The molecule has 2 aliphatic rings. The van der Waals surface area contributed by atoms with Crippen molar-refractivity contribution in [3.8, 4) is 0 Å². The summed E-state index contributed by atoms with van der Waals surface area (Å²) in [5.41, 5.74) is 6.99. The summed E-state index contributed by atoms with van der Waals surface area (Å²) >= 11 is 0. The first-order valence-corrected chi connectivity index (χ1v) is 9.03. The van der Waals surface area contributed by atoms with Crippen LogP contribution in [0.5, 0.6) is 0 Å². The molecular formula is C19H30Cl2FN3O. The van der Waals surface area contributed by atoms with Crippen LogP contribution in [0.25, 0.3) is 0 Å².